The molecule has 1 saturated heterocycles. The molecule has 3 nitrogen and oxygen atoms in total. The molecule has 2 rings (SSSR count). The van der Waals surface area contributed by atoms with E-state index in [1.165, 1.54) is 5.69 Å². The highest BCUT2D eigenvalue weighted by molar-refractivity contribution is 6.76. The van der Waals surface area contributed by atoms with E-state index in [0.717, 1.165) is 37.0 Å². The highest BCUT2D eigenvalue weighted by Gasteiger charge is 2.25. The molecular formula is C15H26N2OSi. The number of hydrogen-bond acceptors (Lipinski definition) is 3. The molecule has 2 N–H and O–H groups in total. The maximum absolute atomic E-state index is 6.07. The van der Waals surface area contributed by atoms with Gasteiger partial charge in [0.1, 0.15) is 0 Å². The summed E-state index contributed by atoms with van der Waals surface area (Å²) in [6, 6.07) is 6.29. The van der Waals surface area contributed by atoms with Crippen molar-refractivity contribution in [1.29, 1.82) is 0 Å². The van der Waals surface area contributed by atoms with Gasteiger partial charge < -0.3 is 15.4 Å². The van der Waals surface area contributed by atoms with E-state index in [9.17, 15) is 0 Å². The maximum atomic E-state index is 6.07. The van der Waals surface area contributed by atoms with Crippen molar-refractivity contribution in [3.63, 3.8) is 0 Å². The van der Waals surface area contributed by atoms with Gasteiger partial charge >= 0.3 is 0 Å². The Hall–Kier alpha value is -1.00. The predicted octanol–water partition coefficient (Wildman–Crippen LogP) is 3.05. The van der Waals surface area contributed by atoms with Gasteiger partial charge in [0.05, 0.1) is 14.2 Å². The quantitative estimate of drug-likeness (QED) is 0.679. The lowest BCUT2D eigenvalue weighted by molar-refractivity contribution is 0.0996. The van der Waals surface area contributed by atoms with Crippen molar-refractivity contribution in [1.82, 2.24) is 0 Å². The highest BCUT2D eigenvalue weighted by atomic mass is 28.3. The second-order valence-electron chi connectivity index (χ2n) is 6.77. The van der Waals surface area contributed by atoms with Crippen LogP contribution in [0.15, 0.2) is 18.2 Å². The summed E-state index contributed by atoms with van der Waals surface area (Å²) in [6.07, 6.45) is 2.49. The van der Waals surface area contributed by atoms with Crippen molar-refractivity contribution < 1.29 is 4.74 Å². The van der Waals surface area contributed by atoms with E-state index in [-0.39, 0.29) is 0 Å². The topological polar surface area (TPSA) is 38.5 Å². The maximum Gasteiger partial charge on any atom is 0.0762 e. The molecule has 0 radical (unpaired) electrons. The summed E-state index contributed by atoms with van der Waals surface area (Å²) >= 11 is 0. The second kappa shape index (κ2) is 5.55. The van der Waals surface area contributed by atoms with E-state index >= 15 is 0 Å². The lowest BCUT2D eigenvalue weighted by Gasteiger charge is -2.22. The number of anilines is 2. The Bertz CT molecular complexity index is 442. The number of benzene rings is 1. The van der Waals surface area contributed by atoms with E-state index in [1.54, 1.807) is 0 Å². The average Bonchev–Trinajstić information content (AvgIpc) is 2.78. The van der Waals surface area contributed by atoms with Crippen molar-refractivity contribution in [2.24, 2.45) is 0 Å². The molecule has 0 aromatic heterocycles. The van der Waals surface area contributed by atoms with E-state index in [1.807, 2.05) is 6.07 Å². The third-order valence-electron chi connectivity index (χ3n) is 3.52. The molecule has 1 aromatic rings. The van der Waals surface area contributed by atoms with Crippen LogP contribution in [-0.4, -0.2) is 33.5 Å². The molecule has 1 aliphatic heterocycles. The summed E-state index contributed by atoms with van der Waals surface area (Å²) in [5, 5.41) is 0. The van der Waals surface area contributed by atoms with E-state index in [0.29, 0.717) is 6.10 Å². The Morgan fingerprint density at radius 2 is 2.11 bits per heavy atom. The molecule has 106 valence electrons. The lowest BCUT2D eigenvalue weighted by atomic mass is 10.2. The zero-order valence-electron chi connectivity index (χ0n) is 12.6. The first kappa shape index (κ1) is 14.4. The fourth-order valence-corrected chi connectivity index (χ4v) is 3.06. The number of hydrogen-bond donors (Lipinski definition) is 1. The van der Waals surface area contributed by atoms with Crippen molar-refractivity contribution in [3.8, 4) is 0 Å². The highest BCUT2D eigenvalue weighted by Crippen LogP contribution is 2.25. The molecule has 0 amide bonds. The smallest absolute Gasteiger partial charge is 0.0762 e. The van der Waals surface area contributed by atoms with Gasteiger partial charge in [-0.2, -0.15) is 0 Å². The van der Waals surface area contributed by atoms with Gasteiger partial charge in [-0.15, -0.1) is 0 Å². The van der Waals surface area contributed by atoms with Crippen LogP contribution in [0.1, 0.15) is 12.0 Å². The van der Waals surface area contributed by atoms with Crippen molar-refractivity contribution in [3.05, 3.63) is 23.8 Å². The third-order valence-corrected chi connectivity index (χ3v) is 4.55. The first-order valence-electron chi connectivity index (χ1n) is 7.08. The summed E-state index contributed by atoms with van der Waals surface area (Å²) in [7, 11) is -1.10. The van der Waals surface area contributed by atoms with Gasteiger partial charge in [0.15, 0.2) is 0 Å². The minimum absolute atomic E-state index is 0.393. The Morgan fingerprint density at radius 1 is 1.37 bits per heavy atom. The van der Waals surface area contributed by atoms with Crippen LogP contribution in [0.4, 0.5) is 11.4 Å². The number of aryl methyl sites for hydroxylation is 1. The van der Waals surface area contributed by atoms with E-state index < -0.39 is 8.07 Å². The standard InChI is InChI=1S/C15H26N2OSi/c1-12-9-13(5-6-15(12)16)17-8-7-14(10-17)18-11-19(2,3)4/h5-6,9,14H,7-8,10-11,16H2,1-4H3. The van der Waals surface area contributed by atoms with Crippen LogP contribution in [-0.2, 0) is 4.74 Å². The molecule has 1 fully saturated rings. The summed E-state index contributed by atoms with van der Waals surface area (Å²) in [4.78, 5) is 2.40. The predicted molar refractivity (Wildman–Crippen MR) is 85.5 cm³/mol. The number of rotatable bonds is 4. The lowest BCUT2D eigenvalue weighted by Crippen LogP contribution is -2.32. The fourth-order valence-electron chi connectivity index (χ4n) is 2.32. The van der Waals surface area contributed by atoms with Crippen LogP contribution >= 0.6 is 0 Å². The Balaban J connectivity index is 1.92. The van der Waals surface area contributed by atoms with Gasteiger partial charge in [0.25, 0.3) is 0 Å². The molecule has 1 unspecified atom stereocenters. The SMILES string of the molecule is Cc1cc(N2CCC(OC[Si](C)(C)C)C2)ccc1N. The molecule has 19 heavy (non-hydrogen) atoms. The van der Waals surface area contributed by atoms with Crippen molar-refractivity contribution >= 4 is 19.4 Å². The van der Waals surface area contributed by atoms with E-state index in [2.05, 4.69) is 43.6 Å². The number of nitrogens with zero attached hydrogens (tertiary/aromatic N) is 1. The van der Waals surface area contributed by atoms with Crippen molar-refractivity contribution in [2.45, 2.75) is 39.1 Å². The largest absolute Gasteiger partial charge is 0.399 e. The zero-order valence-corrected chi connectivity index (χ0v) is 13.6. The van der Waals surface area contributed by atoms with Crippen LogP contribution in [0, 0.1) is 6.92 Å². The molecule has 0 saturated carbocycles. The van der Waals surface area contributed by atoms with Crippen LogP contribution in [0.3, 0.4) is 0 Å². The third kappa shape index (κ3) is 3.98. The molecular weight excluding hydrogens is 252 g/mol. The van der Waals surface area contributed by atoms with E-state index in [4.69, 9.17) is 10.5 Å². The molecule has 4 heteroatoms. The molecule has 0 spiro atoms. The van der Waals surface area contributed by atoms with Crippen molar-refractivity contribution in [2.75, 3.05) is 30.0 Å². The van der Waals surface area contributed by atoms with Gasteiger partial charge in [0, 0.05) is 30.7 Å². The minimum atomic E-state index is -1.10. The molecule has 1 aromatic carbocycles. The number of nitrogen functional groups attached to an aromatic ring is 1. The Kier molecular flexibility index (Phi) is 4.21. The minimum Gasteiger partial charge on any atom is -0.399 e. The summed E-state index contributed by atoms with van der Waals surface area (Å²) < 4.78 is 6.07. The van der Waals surface area contributed by atoms with Gasteiger partial charge in [-0.25, -0.2) is 0 Å². The Morgan fingerprint density at radius 3 is 2.74 bits per heavy atom. The average molecular weight is 278 g/mol. The Labute approximate surface area is 117 Å². The summed E-state index contributed by atoms with van der Waals surface area (Å²) in [6.45, 7) is 11.2. The van der Waals surface area contributed by atoms with Gasteiger partial charge in [-0.05, 0) is 37.1 Å². The number of nitrogens with two attached hydrogens (primary N) is 1. The molecule has 1 aliphatic rings. The zero-order chi connectivity index (χ0) is 14.0. The first-order chi connectivity index (χ1) is 8.85. The van der Waals surface area contributed by atoms with Gasteiger partial charge in [-0.1, -0.05) is 19.6 Å². The fraction of sp³-hybridized carbons (Fsp3) is 0.600. The summed E-state index contributed by atoms with van der Waals surface area (Å²) in [5.74, 6) is 0. The molecule has 1 atom stereocenters. The normalized spacial score (nSPS) is 20.0. The molecule has 0 bridgehead atoms. The number of ether oxygens (including phenoxy) is 1. The summed E-state index contributed by atoms with van der Waals surface area (Å²) in [5.41, 5.74) is 9.17. The van der Waals surface area contributed by atoms with Crippen LogP contribution in [0.2, 0.25) is 19.6 Å². The van der Waals surface area contributed by atoms with Crippen LogP contribution in [0.25, 0.3) is 0 Å². The van der Waals surface area contributed by atoms with Crippen LogP contribution < -0.4 is 10.6 Å². The van der Waals surface area contributed by atoms with Crippen LogP contribution in [0.5, 0.6) is 0 Å². The monoisotopic (exact) mass is 278 g/mol. The second-order valence-corrected chi connectivity index (χ2v) is 12.2. The van der Waals surface area contributed by atoms with Gasteiger partial charge in [-0.3, -0.25) is 0 Å². The molecule has 1 heterocycles. The first-order valence-corrected chi connectivity index (χ1v) is 10.8. The van der Waals surface area contributed by atoms with Gasteiger partial charge in [0.2, 0.25) is 0 Å². The molecule has 0 aliphatic carbocycles.